The zero-order valence-electron chi connectivity index (χ0n) is 15.2. The molecule has 0 spiro atoms. The minimum absolute atomic E-state index is 0. The van der Waals surface area contributed by atoms with E-state index in [1.54, 1.807) is 0 Å². The van der Waals surface area contributed by atoms with Crippen molar-refractivity contribution in [2.24, 2.45) is 4.99 Å². The third-order valence-corrected chi connectivity index (χ3v) is 4.02. The molecule has 0 bridgehead atoms. The van der Waals surface area contributed by atoms with E-state index in [0.717, 1.165) is 38.2 Å². The first-order valence-electron chi connectivity index (χ1n) is 8.79. The zero-order valence-corrected chi connectivity index (χ0v) is 17.5. The smallest absolute Gasteiger partial charge is 0.248 e. The highest BCUT2D eigenvalue weighted by Gasteiger charge is 2.20. The summed E-state index contributed by atoms with van der Waals surface area (Å²) in [5.41, 5.74) is 0. The fourth-order valence-corrected chi connectivity index (χ4v) is 2.70. The summed E-state index contributed by atoms with van der Waals surface area (Å²) in [5.74, 6) is 1.74. The molecule has 25 heavy (non-hydrogen) atoms. The van der Waals surface area contributed by atoms with Crippen molar-refractivity contribution in [2.75, 3.05) is 13.2 Å². The summed E-state index contributed by atoms with van der Waals surface area (Å²) in [6, 6.07) is 0.336. The van der Waals surface area contributed by atoms with Crippen molar-refractivity contribution in [3.8, 4) is 0 Å². The van der Waals surface area contributed by atoms with Crippen LogP contribution in [-0.2, 0) is 11.3 Å². The molecular weight excluding hydrogens is 437 g/mol. The molecule has 8 nitrogen and oxygen atoms in total. The highest BCUT2D eigenvalue weighted by Crippen LogP contribution is 2.18. The van der Waals surface area contributed by atoms with Gasteiger partial charge in [-0.2, -0.15) is 4.98 Å². The number of nitrogens with one attached hydrogen (secondary N) is 2. The van der Waals surface area contributed by atoms with Crippen LogP contribution in [0.25, 0.3) is 0 Å². The Morgan fingerprint density at radius 3 is 2.72 bits per heavy atom. The lowest BCUT2D eigenvalue weighted by Gasteiger charge is -2.27. The van der Waals surface area contributed by atoms with Gasteiger partial charge in [0.15, 0.2) is 11.8 Å². The summed E-state index contributed by atoms with van der Waals surface area (Å²) in [4.78, 5) is 8.83. The number of guanidine groups is 1. The third kappa shape index (κ3) is 7.45. The number of hydrogen-bond acceptors (Lipinski definition) is 6. The molecule has 1 aromatic rings. The molecule has 1 fully saturated rings. The van der Waals surface area contributed by atoms with Crippen molar-refractivity contribution >= 4 is 29.9 Å². The molecule has 0 saturated heterocycles. The molecule has 1 unspecified atom stereocenters. The molecule has 0 amide bonds. The van der Waals surface area contributed by atoms with Crippen LogP contribution in [0.4, 0.5) is 0 Å². The summed E-state index contributed by atoms with van der Waals surface area (Å²) < 4.78 is 10.7. The minimum atomic E-state index is -0.184. The molecule has 1 atom stereocenters. The summed E-state index contributed by atoms with van der Waals surface area (Å²) in [7, 11) is 0. The third-order valence-electron chi connectivity index (χ3n) is 4.02. The van der Waals surface area contributed by atoms with Gasteiger partial charge in [-0.1, -0.05) is 5.16 Å². The number of aromatic nitrogens is 2. The molecular formula is C16H30IN5O3. The van der Waals surface area contributed by atoms with Crippen LogP contribution in [0.2, 0.25) is 0 Å². The molecule has 0 aliphatic heterocycles. The molecule has 144 valence electrons. The lowest BCUT2D eigenvalue weighted by atomic mass is 9.93. The molecule has 0 aromatic carbocycles. The molecule has 0 radical (unpaired) electrons. The maximum atomic E-state index is 9.59. The standard InChI is InChI=1S/C16H29N5O3.HI/c1-4-17-16(19-12-6-8-13(22)9-7-12)18-10-14-20-15(21-24-14)11(3)23-5-2;/h11-13,22H,4-10H2,1-3H3,(H2,17,18,19);1H. The van der Waals surface area contributed by atoms with Crippen LogP contribution in [0, 0.1) is 0 Å². The van der Waals surface area contributed by atoms with Crippen LogP contribution in [0.3, 0.4) is 0 Å². The average molecular weight is 467 g/mol. The number of rotatable bonds is 7. The second-order valence-electron chi connectivity index (χ2n) is 5.99. The maximum absolute atomic E-state index is 9.59. The van der Waals surface area contributed by atoms with Crippen LogP contribution in [0.15, 0.2) is 9.52 Å². The van der Waals surface area contributed by atoms with E-state index in [9.17, 15) is 5.11 Å². The van der Waals surface area contributed by atoms with Crippen molar-refractivity contribution in [1.82, 2.24) is 20.8 Å². The topological polar surface area (TPSA) is 105 Å². The van der Waals surface area contributed by atoms with E-state index in [2.05, 4.69) is 25.8 Å². The van der Waals surface area contributed by atoms with E-state index < -0.39 is 0 Å². The Bertz CT molecular complexity index is 518. The van der Waals surface area contributed by atoms with E-state index in [4.69, 9.17) is 9.26 Å². The van der Waals surface area contributed by atoms with Gasteiger partial charge in [0.1, 0.15) is 12.6 Å². The van der Waals surface area contributed by atoms with Gasteiger partial charge in [0, 0.05) is 19.2 Å². The lowest BCUT2D eigenvalue weighted by Crippen LogP contribution is -2.45. The van der Waals surface area contributed by atoms with E-state index in [1.165, 1.54) is 0 Å². The summed E-state index contributed by atoms with van der Waals surface area (Å²) in [6.07, 6.45) is 3.21. The van der Waals surface area contributed by atoms with Gasteiger partial charge in [-0.3, -0.25) is 0 Å². The highest BCUT2D eigenvalue weighted by molar-refractivity contribution is 14.0. The normalized spacial score (nSPS) is 22.2. The van der Waals surface area contributed by atoms with E-state index in [-0.39, 0.29) is 36.2 Å². The predicted octanol–water partition coefficient (Wildman–Crippen LogP) is 2.14. The SMILES string of the molecule is CCNC(=NCc1nc(C(C)OCC)no1)NC1CCC(O)CC1.I. The first-order valence-corrected chi connectivity index (χ1v) is 8.79. The number of halogens is 1. The Balaban J connectivity index is 0.00000312. The molecule has 2 rings (SSSR count). The second kappa shape index (κ2) is 11.6. The minimum Gasteiger partial charge on any atom is -0.393 e. The van der Waals surface area contributed by atoms with Gasteiger partial charge in [-0.15, -0.1) is 24.0 Å². The van der Waals surface area contributed by atoms with Crippen LogP contribution in [-0.4, -0.2) is 46.5 Å². The van der Waals surface area contributed by atoms with E-state index in [1.807, 2.05) is 20.8 Å². The Morgan fingerprint density at radius 2 is 2.08 bits per heavy atom. The van der Waals surface area contributed by atoms with Gasteiger partial charge < -0.3 is 25.0 Å². The Hall–Kier alpha value is -0.940. The number of aliphatic imine (C=N–C) groups is 1. The largest absolute Gasteiger partial charge is 0.393 e. The summed E-state index contributed by atoms with van der Waals surface area (Å²) in [5, 5.41) is 20.2. The van der Waals surface area contributed by atoms with Gasteiger partial charge in [0.25, 0.3) is 0 Å². The Kier molecular flexibility index (Phi) is 10.3. The monoisotopic (exact) mass is 467 g/mol. The first-order chi connectivity index (χ1) is 11.6. The van der Waals surface area contributed by atoms with Gasteiger partial charge in [-0.25, -0.2) is 4.99 Å². The molecule has 1 aliphatic carbocycles. The highest BCUT2D eigenvalue weighted by atomic mass is 127. The van der Waals surface area contributed by atoms with Gasteiger partial charge in [0.2, 0.25) is 5.89 Å². The van der Waals surface area contributed by atoms with Gasteiger partial charge in [0.05, 0.1) is 6.10 Å². The number of aliphatic hydroxyl groups is 1. The second-order valence-corrected chi connectivity index (χ2v) is 5.99. The average Bonchev–Trinajstić information content (AvgIpc) is 3.04. The summed E-state index contributed by atoms with van der Waals surface area (Å²) in [6.45, 7) is 7.54. The Morgan fingerprint density at radius 1 is 1.36 bits per heavy atom. The molecule has 1 aromatic heterocycles. The quantitative estimate of drug-likeness (QED) is 0.321. The van der Waals surface area contributed by atoms with Crippen LogP contribution in [0.5, 0.6) is 0 Å². The number of hydrogen-bond donors (Lipinski definition) is 3. The van der Waals surface area contributed by atoms with Gasteiger partial charge >= 0.3 is 0 Å². The van der Waals surface area contributed by atoms with Crippen LogP contribution in [0.1, 0.15) is 64.3 Å². The van der Waals surface area contributed by atoms with Crippen molar-refractivity contribution in [2.45, 2.75) is 71.2 Å². The number of aliphatic hydroxyl groups excluding tert-OH is 1. The molecule has 1 heterocycles. The number of nitrogens with zero attached hydrogens (tertiary/aromatic N) is 3. The Labute approximate surface area is 166 Å². The molecule has 1 aliphatic rings. The van der Waals surface area contributed by atoms with Crippen LogP contribution >= 0.6 is 24.0 Å². The van der Waals surface area contributed by atoms with E-state index in [0.29, 0.717) is 30.9 Å². The van der Waals surface area contributed by atoms with E-state index >= 15 is 0 Å². The van der Waals surface area contributed by atoms with Crippen LogP contribution < -0.4 is 10.6 Å². The number of ether oxygens (including phenoxy) is 1. The molecule has 1 saturated carbocycles. The fourth-order valence-electron chi connectivity index (χ4n) is 2.70. The van der Waals surface area contributed by atoms with Crippen molar-refractivity contribution in [3.05, 3.63) is 11.7 Å². The summed E-state index contributed by atoms with van der Waals surface area (Å²) >= 11 is 0. The predicted molar refractivity (Wildman–Crippen MR) is 106 cm³/mol. The fraction of sp³-hybridized carbons (Fsp3) is 0.812. The van der Waals surface area contributed by atoms with Crippen molar-refractivity contribution in [1.29, 1.82) is 0 Å². The zero-order chi connectivity index (χ0) is 17.4. The molecule has 3 N–H and O–H groups in total. The maximum Gasteiger partial charge on any atom is 0.248 e. The first kappa shape index (κ1) is 22.1. The lowest BCUT2D eigenvalue weighted by molar-refractivity contribution is 0.0683. The molecule has 9 heteroatoms. The van der Waals surface area contributed by atoms with Crippen molar-refractivity contribution < 1.29 is 14.4 Å². The van der Waals surface area contributed by atoms with Crippen molar-refractivity contribution in [3.63, 3.8) is 0 Å². The van der Waals surface area contributed by atoms with Gasteiger partial charge in [-0.05, 0) is 46.5 Å².